The molecule has 22 heavy (non-hydrogen) atoms. The van der Waals surface area contributed by atoms with E-state index in [1.165, 1.54) is 10.7 Å². The number of rotatable bonds is 3. The third-order valence-corrected chi connectivity index (χ3v) is 5.40. The summed E-state index contributed by atoms with van der Waals surface area (Å²) in [6, 6.07) is 3.19. The molecular formula is C14H13FIN4OP. The van der Waals surface area contributed by atoms with Gasteiger partial charge in [-0.15, -0.1) is 0 Å². The molecule has 0 radical (unpaired) electrons. The predicted molar refractivity (Wildman–Crippen MR) is 97.3 cm³/mol. The Bertz CT molecular complexity index is 956. The lowest BCUT2D eigenvalue weighted by Gasteiger charge is -2.03. The van der Waals surface area contributed by atoms with E-state index in [0.717, 1.165) is 0 Å². The van der Waals surface area contributed by atoms with Crippen molar-refractivity contribution in [1.29, 1.82) is 0 Å². The Hall–Kier alpha value is -1.47. The summed E-state index contributed by atoms with van der Waals surface area (Å²) in [4.78, 5) is 12.2. The van der Waals surface area contributed by atoms with E-state index in [0.29, 0.717) is 33.4 Å². The summed E-state index contributed by atoms with van der Waals surface area (Å²) in [5.74, 6) is -0.389. The zero-order valence-corrected chi connectivity index (χ0v) is 15.1. The van der Waals surface area contributed by atoms with Crippen LogP contribution >= 0.6 is 28.4 Å². The molecule has 114 valence electrons. The maximum atomic E-state index is 14.6. The van der Waals surface area contributed by atoms with Crippen LogP contribution < -0.4 is 5.56 Å². The van der Waals surface area contributed by atoms with Crippen LogP contribution in [0.1, 0.15) is 11.4 Å². The minimum Gasteiger partial charge on any atom is -0.300 e. The number of nitrogens with one attached hydrogen (secondary N) is 1. The van der Waals surface area contributed by atoms with Gasteiger partial charge in [0.15, 0.2) is 0 Å². The van der Waals surface area contributed by atoms with Gasteiger partial charge in [-0.25, -0.2) is 8.84 Å². The van der Waals surface area contributed by atoms with Crippen LogP contribution in [0, 0.1) is 12.7 Å². The molecule has 0 aliphatic heterocycles. The number of H-pyrrole nitrogens is 1. The summed E-state index contributed by atoms with van der Waals surface area (Å²) in [5, 5.41) is 7.94. The maximum Gasteiger partial charge on any atom is 0.274 e. The normalized spacial score (nSPS) is 11.8. The highest BCUT2D eigenvalue weighted by Gasteiger charge is 2.18. The van der Waals surface area contributed by atoms with Crippen LogP contribution in [-0.4, -0.2) is 19.3 Å². The summed E-state index contributed by atoms with van der Waals surface area (Å²) >= 11 is 2.15. The quantitative estimate of drug-likeness (QED) is 0.510. The molecule has 3 aromatic rings. The zero-order chi connectivity index (χ0) is 16.0. The summed E-state index contributed by atoms with van der Waals surface area (Å²) in [7, 11) is 1.64. The van der Waals surface area contributed by atoms with Crippen LogP contribution in [0.4, 0.5) is 4.39 Å². The number of aromatic amines is 1. The number of aryl methyl sites for hydroxylation is 2. The molecule has 0 bridgehead atoms. The van der Waals surface area contributed by atoms with Crippen LogP contribution in [-0.2, 0) is 7.05 Å². The van der Waals surface area contributed by atoms with Gasteiger partial charge < -0.3 is 0 Å². The average Bonchev–Trinajstić information content (AvgIpc) is 2.96. The molecule has 0 saturated carbocycles. The number of nitrogens with zero attached hydrogens (tertiary/aromatic N) is 3. The monoisotopic (exact) mass is 430 g/mol. The van der Waals surface area contributed by atoms with Crippen molar-refractivity contribution in [3.63, 3.8) is 0 Å². The van der Waals surface area contributed by atoms with E-state index in [1.807, 2.05) is 0 Å². The van der Waals surface area contributed by atoms with Gasteiger partial charge in [0, 0.05) is 18.1 Å². The van der Waals surface area contributed by atoms with Crippen molar-refractivity contribution in [3.05, 3.63) is 46.3 Å². The number of hydrogen-bond acceptors (Lipinski definition) is 2. The fourth-order valence-corrected chi connectivity index (χ4v) is 4.11. The first kappa shape index (κ1) is 15.4. The lowest BCUT2D eigenvalue weighted by Crippen LogP contribution is -2.13. The first-order chi connectivity index (χ1) is 10.5. The van der Waals surface area contributed by atoms with Crippen molar-refractivity contribution in [2.45, 2.75) is 6.92 Å². The molecule has 0 saturated heterocycles. The summed E-state index contributed by atoms with van der Waals surface area (Å²) in [5.41, 5.74) is 2.60. The number of hydrogen-bond donors (Lipinski definition) is 1. The van der Waals surface area contributed by atoms with Crippen molar-refractivity contribution in [2.75, 3.05) is 0 Å². The third kappa shape index (κ3) is 2.23. The van der Waals surface area contributed by atoms with Crippen LogP contribution in [0.2, 0.25) is 0 Å². The topological polar surface area (TPSA) is 55.6 Å². The van der Waals surface area contributed by atoms with E-state index in [9.17, 15) is 9.18 Å². The Morgan fingerprint density at radius 1 is 1.50 bits per heavy atom. The minimum absolute atomic E-state index is 0.181. The Kier molecular flexibility index (Phi) is 3.94. The van der Waals surface area contributed by atoms with Gasteiger partial charge in [-0.05, 0) is 52.7 Å². The molecule has 0 spiro atoms. The SMILES string of the molecule is C=Cc1nn(PI)c2c(F)cc(-c3c(C)[nH]n(C)c3=O)cc12. The van der Waals surface area contributed by atoms with E-state index in [1.54, 1.807) is 30.6 Å². The fraction of sp³-hybridized carbons (Fsp3) is 0.143. The Balaban J connectivity index is 2.38. The first-order valence-corrected chi connectivity index (χ1v) is 10.5. The van der Waals surface area contributed by atoms with Crippen LogP contribution in [0.3, 0.4) is 0 Å². The van der Waals surface area contributed by atoms with Gasteiger partial charge in [-0.3, -0.25) is 14.6 Å². The summed E-state index contributed by atoms with van der Waals surface area (Å²) in [6.07, 6.45) is 1.88. The molecule has 0 aliphatic rings. The molecule has 1 atom stereocenters. The Labute approximate surface area is 140 Å². The summed E-state index contributed by atoms with van der Waals surface area (Å²) < 4.78 is 17.6. The summed E-state index contributed by atoms with van der Waals surface area (Å²) in [6.45, 7) is 5.52. The van der Waals surface area contributed by atoms with Crippen LogP contribution in [0.5, 0.6) is 0 Å². The standard InChI is InChI=1S/C14H13FIN4OP/c1-4-11-9-5-8(12-7(2)17-19(3)14(12)21)6-10(15)13(9)20(18-11)22-16/h4-6,17,22H,1H2,2-3H3. The van der Waals surface area contributed by atoms with Gasteiger partial charge in [0.2, 0.25) is 0 Å². The average molecular weight is 430 g/mol. The lowest BCUT2D eigenvalue weighted by molar-refractivity contribution is 0.635. The van der Waals surface area contributed by atoms with Crippen LogP contribution in [0.15, 0.2) is 23.5 Å². The molecule has 0 fully saturated rings. The first-order valence-electron chi connectivity index (χ1n) is 6.45. The van der Waals surface area contributed by atoms with Crippen molar-refractivity contribution < 1.29 is 4.39 Å². The predicted octanol–water partition coefficient (Wildman–Crippen LogP) is 3.61. The smallest absolute Gasteiger partial charge is 0.274 e. The zero-order valence-electron chi connectivity index (χ0n) is 11.9. The molecule has 2 aromatic heterocycles. The second-order valence-electron chi connectivity index (χ2n) is 4.92. The number of aromatic nitrogens is 4. The van der Waals surface area contributed by atoms with E-state index in [-0.39, 0.29) is 17.8 Å². The molecule has 1 aromatic carbocycles. The molecule has 0 amide bonds. The maximum absolute atomic E-state index is 14.6. The van der Waals surface area contributed by atoms with Crippen molar-refractivity contribution >= 4 is 45.4 Å². The minimum atomic E-state index is -0.389. The van der Waals surface area contributed by atoms with Gasteiger partial charge >= 0.3 is 0 Å². The molecule has 3 rings (SSSR count). The molecule has 8 heteroatoms. The number of fused-ring (bicyclic) bond motifs is 1. The highest BCUT2D eigenvalue weighted by Crippen LogP contribution is 2.35. The van der Waals surface area contributed by atoms with E-state index in [4.69, 9.17) is 0 Å². The van der Waals surface area contributed by atoms with Gasteiger partial charge in [0.05, 0.1) is 17.6 Å². The lowest BCUT2D eigenvalue weighted by atomic mass is 10.0. The van der Waals surface area contributed by atoms with Crippen molar-refractivity contribution in [2.24, 2.45) is 7.05 Å². The van der Waals surface area contributed by atoms with E-state index >= 15 is 0 Å². The van der Waals surface area contributed by atoms with E-state index in [2.05, 4.69) is 38.8 Å². The molecule has 0 aliphatic carbocycles. The molecule has 2 heterocycles. The Morgan fingerprint density at radius 2 is 2.23 bits per heavy atom. The highest BCUT2D eigenvalue weighted by molar-refractivity contribution is 14.2. The molecule has 1 unspecified atom stereocenters. The molecular weight excluding hydrogens is 417 g/mol. The van der Waals surface area contributed by atoms with Crippen LogP contribution in [0.25, 0.3) is 28.1 Å². The van der Waals surface area contributed by atoms with Gasteiger partial charge in [-0.1, -0.05) is 6.58 Å². The largest absolute Gasteiger partial charge is 0.300 e. The van der Waals surface area contributed by atoms with Gasteiger partial charge in [0.1, 0.15) is 11.3 Å². The van der Waals surface area contributed by atoms with Gasteiger partial charge in [-0.2, -0.15) is 5.10 Å². The second-order valence-corrected chi connectivity index (χ2v) is 6.96. The molecule has 1 N–H and O–H groups in total. The third-order valence-electron chi connectivity index (χ3n) is 3.55. The van der Waals surface area contributed by atoms with E-state index < -0.39 is 0 Å². The van der Waals surface area contributed by atoms with Crippen molar-refractivity contribution in [3.8, 4) is 11.1 Å². The second kappa shape index (κ2) is 5.62. The van der Waals surface area contributed by atoms with Gasteiger partial charge in [0.25, 0.3) is 5.56 Å². The number of benzene rings is 1. The molecule has 5 nitrogen and oxygen atoms in total. The van der Waals surface area contributed by atoms with Crippen molar-refractivity contribution in [1.82, 2.24) is 19.3 Å². The highest BCUT2D eigenvalue weighted by atomic mass is 127. The fourth-order valence-electron chi connectivity index (χ4n) is 2.60. The Morgan fingerprint density at radius 3 is 2.77 bits per heavy atom. The number of halogens is 2.